The van der Waals surface area contributed by atoms with E-state index in [2.05, 4.69) is 23.2 Å². The number of carbonyl (C=O) groups is 1. The van der Waals surface area contributed by atoms with E-state index in [1.165, 1.54) is 22.9 Å². The molecule has 0 bridgehead atoms. The molecule has 0 spiro atoms. The van der Waals surface area contributed by atoms with Gasteiger partial charge in [0.25, 0.3) is 5.22 Å². The molecule has 1 amide bonds. The summed E-state index contributed by atoms with van der Waals surface area (Å²) in [7, 11) is 0. The summed E-state index contributed by atoms with van der Waals surface area (Å²) < 4.78 is 5.76. The van der Waals surface area contributed by atoms with Gasteiger partial charge in [-0.25, -0.2) is 0 Å². The van der Waals surface area contributed by atoms with Crippen LogP contribution in [0, 0.1) is 6.92 Å². The van der Waals surface area contributed by atoms with Crippen molar-refractivity contribution in [2.45, 2.75) is 43.7 Å². The van der Waals surface area contributed by atoms with E-state index in [0.29, 0.717) is 11.1 Å². The van der Waals surface area contributed by atoms with Crippen LogP contribution < -0.4 is 4.90 Å². The molecular formula is C21H21N3O2S. The van der Waals surface area contributed by atoms with Crippen molar-refractivity contribution in [3.8, 4) is 11.5 Å². The predicted octanol–water partition coefficient (Wildman–Crippen LogP) is 4.50. The summed E-state index contributed by atoms with van der Waals surface area (Å²) in [6, 6.07) is 16.2. The van der Waals surface area contributed by atoms with E-state index in [0.717, 1.165) is 17.7 Å². The van der Waals surface area contributed by atoms with E-state index in [-0.39, 0.29) is 17.2 Å². The minimum Gasteiger partial charge on any atom is -0.411 e. The quantitative estimate of drug-likeness (QED) is 0.625. The average molecular weight is 379 g/mol. The van der Waals surface area contributed by atoms with Crippen LogP contribution in [0.25, 0.3) is 11.5 Å². The van der Waals surface area contributed by atoms with Crippen LogP contribution in [-0.2, 0) is 11.2 Å². The Morgan fingerprint density at radius 2 is 1.93 bits per heavy atom. The van der Waals surface area contributed by atoms with E-state index in [9.17, 15) is 4.79 Å². The van der Waals surface area contributed by atoms with Gasteiger partial charge < -0.3 is 9.32 Å². The normalized spacial score (nSPS) is 17.0. The third-order valence-corrected chi connectivity index (χ3v) is 5.70. The molecule has 4 rings (SSSR count). The Labute approximate surface area is 162 Å². The van der Waals surface area contributed by atoms with Crippen molar-refractivity contribution in [3.63, 3.8) is 0 Å². The summed E-state index contributed by atoms with van der Waals surface area (Å²) in [6.45, 7) is 6.00. The van der Waals surface area contributed by atoms with E-state index in [1.54, 1.807) is 0 Å². The molecule has 1 aliphatic heterocycles. The van der Waals surface area contributed by atoms with Gasteiger partial charge >= 0.3 is 0 Å². The zero-order chi connectivity index (χ0) is 19.0. The topological polar surface area (TPSA) is 59.2 Å². The second-order valence-corrected chi connectivity index (χ2v) is 8.18. The summed E-state index contributed by atoms with van der Waals surface area (Å²) in [6.07, 6.45) is 0.886. The highest BCUT2D eigenvalue weighted by Gasteiger charge is 2.34. The maximum atomic E-state index is 13.1. The first kappa shape index (κ1) is 17.8. The second kappa shape index (κ2) is 7.19. The van der Waals surface area contributed by atoms with E-state index in [4.69, 9.17) is 4.42 Å². The summed E-state index contributed by atoms with van der Waals surface area (Å²) >= 11 is 1.30. The fourth-order valence-corrected chi connectivity index (χ4v) is 4.10. The summed E-state index contributed by atoms with van der Waals surface area (Å²) in [4.78, 5) is 14.9. The summed E-state index contributed by atoms with van der Waals surface area (Å²) in [5, 5.41) is 8.31. The molecule has 2 atom stereocenters. The molecule has 5 nitrogen and oxygen atoms in total. The highest BCUT2D eigenvalue weighted by atomic mass is 32.2. The van der Waals surface area contributed by atoms with Crippen molar-refractivity contribution in [1.82, 2.24) is 10.2 Å². The molecule has 1 aromatic heterocycles. The minimum atomic E-state index is -0.315. The predicted molar refractivity (Wildman–Crippen MR) is 107 cm³/mol. The number of carbonyl (C=O) groups excluding carboxylic acids is 1. The Morgan fingerprint density at radius 1 is 1.19 bits per heavy atom. The number of nitrogens with zero attached hydrogens (tertiary/aromatic N) is 3. The van der Waals surface area contributed by atoms with Gasteiger partial charge in [-0.05, 0) is 51.0 Å². The molecule has 3 aromatic rings. The molecule has 0 radical (unpaired) electrons. The molecule has 0 saturated heterocycles. The van der Waals surface area contributed by atoms with Gasteiger partial charge in [0.1, 0.15) is 0 Å². The maximum absolute atomic E-state index is 13.1. The Balaban J connectivity index is 1.49. The van der Waals surface area contributed by atoms with Gasteiger partial charge in [-0.1, -0.05) is 47.7 Å². The number of thioether (sulfide) groups is 1. The maximum Gasteiger partial charge on any atom is 0.277 e. The number of para-hydroxylation sites is 1. The van der Waals surface area contributed by atoms with Crippen molar-refractivity contribution in [2.75, 3.05) is 4.90 Å². The van der Waals surface area contributed by atoms with Crippen molar-refractivity contribution in [2.24, 2.45) is 0 Å². The molecule has 6 heteroatoms. The van der Waals surface area contributed by atoms with Crippen molar-refractivity contribution < 1.29 is 9.21 Å². The van der Waals surface area contributed by atoms with Crippen LogP contribution in [-0.4, -0.2) is 27.4 Å². The SMILES string of the molecule is Cc1ccc(-c2nnc(S[C@H](C)C(=O)N3c4ccccc4C[C@@H]3C)o2)cc1. The third-order valence-electron chi connectivity index (χ3n) is 4.78. The first-order chi connectivity index (χ1) is 13.0. The number of rotatable bonds is 4. The molecule has 27 heavy (non-hydrogen) atoms. The number of anilines is 1. The lowest BCUT2D eigenvalue weighted by Crippen LogP contribution is -2.40. The number of amides is 1. The van der Waals surface area contributed by atoms with Gasteiger partial charge in [-0.15, -0.1) is 10.2 Å². The fourth-order valence-electron chi connectivity index (χ4n) is 3.37. The summed E-state index contributed by atoms with van der Waals surface area (Å²) in [5.74, 6) is 0.532. The van der Waals surface area contributed by atoms with Gasteiger partial charge in [0.2, 0.25) is 11.8 Å². The number of hydrogen-bond donors (Lipinski definition) is 0. The van der Waals surface area contributed by atoms with Crippen LogP contribution in [0.15, 0.2) is 58.2 Å². The molecule has 0 unspecified atom stereocenters. The lowest BCUT2D eigenvalue weighted by atomic mass is 10.1. The molecule has 0 N–H and O–H groups in total. The van der Waals surface area contributed by atoms with Crippen LogP contribution in [0.5, 0.6) is 0 Å². The average Bonchev–Trinajstić information content (AvgIpc) is 3.25. The molecule has 0 aliphatic carbocycles. The van der Waals surface area contributed by atoms with Gasteiger partial charge in [0, 0.05) is 17.3 Å². The number of aromatic nitrogens is 2. The first-order valence-corrected chi connectivity index (χ1v) is 9.89. The standard InChI is InChI=1S/C21H21N3O2S/c1-13-8-10-16(11-9-13)19-22-23-21(26-19)27-15(3)20(25)24-14(2)12-17-6-4-5-7-18(17)24/h4-11,14-15H,12H2,1-3H3/t14-,15+/m0/s1. The molecule has 138 valence electrons. The highest BCUT2D eigenvalue weighted by Crippen LogP contribution is 2.35. The van der Waals surface area contributed by atoms with Gasteiger partial charge in [0.15, 0.2) is 0 Å². The fraction of sp³-hybridized carbons (Fsp3) is 0.286. The Hall–Kier alpha value is -2.60. The number of fused-ring (bicyclic) bond motifs is 1. The largest absolute Gasteiger partial charge is 0.411 e. The Morgan fingerprint density at radius 3 is 2.70 bits per heavy atom. The molecular weight excluding hydrogens is 358 g/mol. The van der Waals surface area contributed by atoms with Crippen LogP contribution in [0.2, 0.25) is 0 Å². The number of hydrogen-bond acceptors (Lipinski definition) is 5. The monoisotopic (exact) mass is 379 g/mol. The lowest BCUT2D eigenvalue weighted by Gasteiger charge is -2.25. The highest BCUT2D eigenvalue weighted by molar-refractivity contribution is 8.00. The van der Waals surface area contributed by atoms with Crippen LogP contribution >= 0.6 is 11.8 Å². The van der Waals surface area contributed by atoms with Crippen LogP contribution in [0.1, 0.15) is 25.0 Å². The first-order valence-electron chi connectivity index (χ1n) is 9.01. The Bertz CT molecular complexity index is 968. The number of aryl methyl sites for hydroxylation is 1. The van der Waals surface area contributed by atoms with E-state index < -0.39 is 0 Å². The molecule has 2 heterocycles. The second-order valence-electron chi connectivity index (χ2n) is 6.89. The smallest absolute Gasteiger partial charge is 0.277 e. The van der Waals surface area contributed by atoms with Crippen molar-refractivity contribution in [1.29, 1.82) is 0 Å². The van der Waals surface area contributed by atoms with Gasteiger partial charge in [-0.2, -0.15) is 0 Å². The zero-order valence-electron chi connectivity index (χ0n) is 15.5. The Kier molecular flexibility index (Phi) is 4.74. The lowest BCUT2D eigenvalue weighted by molar-refractivity contribution is -0.118. The summed E-state index contributed by atoms with van der Waals surface area (Å²) in [5.41, 5.74) is 4.27. The van der Waals surface area contributed by atoms with Crippen molar-refractivity contribution >= 4 is 23.4 Å². The minimum absolute atomic E-state index is 0.0625. The van der Waals surface area contributed by atoms with Crippen molar-refractivity contribution in [3.05, 3.63) is 59.7 Å². The number of benzene rings is 2. The molecule has 1 aliphatic rings. The van der Waals surface area contributed by atoms with Gasteiger partial charge in [-0.3, -0.25) is 4.79 Å². The molecule has 0 fully saturated rings. The van der Waals surface area contributed by atoms with Gasteiger partial charge in [0.05, 0.1) is 5.25 Å². The third kappa shape index (κ3) is 3.49. The van der Waals surface area contributed by atoms with E-state index in [1.807, 2.05) is 61.2 Å². The molecule has 2 aromatic carbocycles. The molecule has 0 saturated carbocycles. The van der Waals surface area contributed by atoms with E-state index >= 15 is 0 Å². The van der Waals surface area contributed by atoms with Crippen LogP contribution in [0.3, 0.4) is 0 Å². The van der Waals surface area contributed by atoms with Crippen LogP contribution in [0.4, 0.5) is 5.69 Å². The zero-order valence-corrected chi connectivity index (χ0v) is 16.4.